The van der Waals surface area contributed by atoms with Crippen LogP contribution in [0.2, 0.25) is 5.02 Å². The number of likely N-dealkylation sites (tertiary alicyclic amines) is 1. The highest BCUT2D eigenvalue weighted by molar-refractivity contribution is 7.15. The van der Waals surface area contributed by atoms with Crippen LogP contribution >= 0.6 is 22.9 Å². The molecular weight excluding hydrogens is 373 g/mol. The van der Waals surface area contributed by atoms with E-state index in [0.717, 1.165) is 29.9 Å². The maximum Gasteiger partial charge on any atom is 0.416 e. The van der Waals surface area contributed by atoms with Crippen LogP contribution in [0.1, 0.15) is 30.2 Å². The fourth-order valence-electron chi connectivity index (χ4n) is 3.10. The van der Waals surface area contributed by atoms with Crippen molar-refractivity contribution in [2.45, 2.75) is 44.7 Å². The molecule has 0 radical (unpaired) electrons. The van der Waals surface area contributed by atoms with Gasteiger partial charge in [0.25, 0.3) is 0 Å². The molecule has 2 atom stereocenters. The van der Waals surface area contributed by atoms with Gasteiger partial charge in [0.2, 0.25) is 0 Å². The second-order valence-electron chi connectivity index (χ2n) is 6.22. The standard InChI is InChI=1S/C16H18ClF3N4S/c1-8-2-3-13(21)24(8)7-12-14(23-15(22)25-12)9-4-10(16(18,19)20)6-11(17)5-9/h4-6,8,13H,2-3,7,21H2,1H3,(H2,22,23)/t8-,13+/m1/s1. The van der Waals surface area contributed by atoms with E-state index in [2.05, 4.69) is 16.8 Å². The summed E-state index contributed by atoms with van der Waals surface area (Å²) in [6, 6.07) is 3.73. The maximum absolute atomic E-state index is 13.1. The van der Waals surface area contributed by atoms with Gasteiger partial charge in [-0.15, -0.1) is 11.3 Å². The van der Waals surface area contributed by atoms with Gasteiger partial charge in [0.05, 0.1) is 17.4 Å². The summed E-state index contributed by atoms with van der Waals surface area (Å²) >= 11 is 7.16. The summed E-state index contributed by atoms with van der Waals surface area (Å²) in [5, 5.41) is 0.313. The molecule has 1 saturated heterocycles. The molecule has 2 heterocycles. The number of hydrogen-bond donors (Lipinski definition) is 2. The molecule has 0 unspecified atom stereocenters. The number of rotatable bonds is 3. The smallest absolute Gasteiger partial charge is 0.375 e. The Morgan fingerprint density at radius 3 is 2.64 bits per heavy atom. The number of nitrogens with two attached hydrogens (primary N) is 2. The van der Waals surface area contributed by atoms with Gasteiger partial charge in [-0.1, -0.05) is 11.6 Å². The highest BCUT2D eigenvalue weighted by Crippen LogP contribution is 2.38. The lowest BCUT2D eigenvalue weighted by molar-refractivity contribution is -0.137. The third-order valence-electron chi connectivity index (χ3n) is 4.41. The first-order valence-corrected chi connectivity index (χ1v) is 8.99. The molecule has 0 aliphatic carbocycles. The quantitative estimate of drug-likeness (QED) is 0.818. The molecule has 25 heavy (non-hydrogen) atoms. The van der Waals surface area contributed by atoms with E-state index in [9.17, 15) is 13.2 Å². The first-order valence-electron chi connectivity index (χ1n) is 7.80. The number of aromatic nitrogens is 1. The summed E-state index contributed by atoms with van der Waals surface area (Å²) in [6.45, 7) is 2.58. The van der Waals surface area contributed by atoms with Crippen molar-refractivity contribution in [1.29, 1.82) is 0 Å². The Hall–Kier alpha value is -1.35. The number of nitrogens with zero attached hydrogens (tertiary/aromatic N) is 2. The van der Waals surface area contributed by atoms with Crippen molar-refractivity contribution >= 4 is 28.1 Å². The molecule has 1 aromatic heterocycles. The molecular formula is C16H18ClF3N4S. The Labute approximate surface area is 152 Å². The van der Waals surface area contributed by atoms with Crippen LogP contribution in [0.4, 0.5) is 18.3 Å². The van der Waals surface area contributed by atoms with E-state index >= 15 is 0 Å². The predicted molar refractivity (Wildman–Crippen MR) is 94.2 cm³/mol. The second-order valence-corrected chi connectivity index (χ2v) is 7.77. The van der Waals surface area contributed by atoms with E-state index in [-0.39, 0.29) is 11.2 Å². The van der Waals surface area contributed by atoms with Crippen LogP contribution in [0.25, 0.3) is 11.3 Å². The topological polar surface area (TPSA) is 68.2 Å². The third kappa shape index (κ3) is 3.92. The molecule has 0 amide bonds. The van der Waals surface area contributed by atoms with Crippen molar-refractivity contribution in [1.82, 2.24) is 9.88 Å². The number of thiazole rings is 1. The molecule has 0 saturated carbocycles. The molecule has 1 aliphatic rings. The number of benzene rings is 1. The van der Waals surface area contributed by atoms with Crippen molar-refractivity contribution in [3.8, 4) is 11.3 Å². The average Bonchev–Trinajstić information content (AvgIpc) is 3.03. The lowest BCUT2D eigenvalue weighted by Crippen LogP contribution is -2.39. The zero-order valence-corrected chi connectivity index (χ0v) is 15.0. The van der Waals surface area contributed by atoms with Gasteiger partial charge in [0.15, 0.2) is 5.13 Å². The van der Waals surface area contributed by atoms with Gasteiger partial charge in [-0.2, -0.15) is 13.2 Å². The molecule has 0 spiro atoms. The summed E-state index contributed by atoms with van der Waals surface area (Å²) in [5.74, 6) is 0. The predicted octanol–water partition coefficient (Wildman–Crippen LogP) is 4.33. The first kappa shape index (κ1) is 18.4. The number of hydrogen-bond acceptors (Lipinski definition) is 5. The molecule has 4 N–H and O–H groups in total. The summed E-state index contributed by atoms with van der Waals surface area (Å²) < 4.78 is 39.2. The lowest BCUT2D eigenvalue weighted by Gasteiger charge is -2.25. The minimum Gasteiger partial charge on any atom is -0.375 e. The zero-order chi connectivity index (χ0) is 18.4. The van der Waals surface area contributed by atoms with Gasteiger partial charge < -0.3 is 11.5 Å². The van der Waals surface area contributed by atoms with Crippen LogP contribution in [-0.2, 0) is 12.7 Å². The highest BCUT2D eigenvalue weighted by atomic mass is 35.5. The molecule has 9 heteroatoms. The van der Waals surface area contributed by atoms with Crippen molar-refractivity contribution in [2.24, 2.45) is 5.73 Å². The maximum atomic E-state index is 13.1. The largest absolute Gasteiger partial charge is 0.416 e. The highest BCUT2D eigenvalue weighted by Gasteiger charge is 2.32. The molecule has 136 valence electrons. The first-order chi connectivity index (χ1) is 11.6. The molecule has 1 aromatic carbocycles. The average molecular weight is 391 g/mol. The van der Waals surface area contributed by atoms with Crippen LogP contribution in [0, 0.1) is 0 Å². The third-order valence-corrected chi connectivity index (χ3v) is 5.50. The fourth-order valence-corrected chi connectivity index (χ4v) is 4.20. The Kier molecular flexibility index (Phi) is 4.98. The summed E-state index contributed by atoms with van der Waals surface area (Å²) in [6.07, 6.45) is -2.68. The fraction of sp³-hybridized carbons (Fsp3) is 0.438. The van der Waals surface area contributed by atoms with Crippen LogP contribution in [0.5, 0.6) is 0 Å². The van der Waals surface area contributed by atoms with Gasteiger partial charge in [0, 0.05) is 28.0 Å². The van der Waals surface area contributed by atoms with E-state index in [1.807, 2.05) is 0 Å². The number of anilines is 1. The van der Waals surface area contributed by atoms with Gasteiger partial charge in [-0.25, -0.2) is 4.98 Å². The van der Waals surface area contributed by atoms with Crippen molar-refractivity contribution in [2.75, 3.05) is 5.73 Å². The Bertz CT molecular complexity index is 767. The molecule has 4 nitrogen and oxygen atoms in total. The Balaban J connectivity index is 2.00. The molecule has 2 aromatic rings. The van der Waals surface area contributed by atoms with Gasteiger partial charge in [0.1, 0.15) is 0 Å². The minimum absolute atomic E-state index is 0.00795. The summed E-state index contributed by atoms with van der Waals surface area (Å²) in [4.78, 5) is 7.15. The van der Waals surface area contributed by atoms with Crippen molar-refractivity contribution < 1.29 is 13.2 Å². The summed E-state index contributed by atoms with van der Waals surface area (Å²) in [5.41, 5.74) is 11.9. The van der Waals surface area contributed by atoms with E-state index in [0.29, 0.717) is 29.0 Å². The molecule has 0 bridgehead atoms. The minimum atomic E-state index is -4.48. The Morgan fingerprint density at radius 1 is 1.32 bits per heavy atom. The molecule has 3 rings (SSSR count). The van der Waals surface area contributed by atoms with E-state index in [1.54, 1.807) is 0 Å². The van der Waals surface area contributed by atoms with Gasteiger partial charge in [-0.3, -0.25) is 4.90 Å². The van der Waals surface area contributed by atoms with Crippen LogP contribution in [-0.4, -0.2) is 22.1 Å². The Morgan fingerprint density at radius 2 is 2.04 bits per heavy atom. The second kappa shape index (κ2) is 6.75. The van der Waals surface area contributed by atoms with Gasteiger partial charge >= 0.3 is 6.18 Å². The molecule has 1 fully saturated rings. The van der Waals surface area contributed by atoms with E-state index < -0.39 is 11.7 Å². The van der Waals surface area contributed by atoms with Crippen LogP contribution in [0.3, 0.4) is 0 Å². The van der Waals surface area contributed by atoms with Gasteiger partial charge in [-0.05, 0) is 38.0 Å². The lowest BCUT2D eigenvalue weighted by atomic mass is 10.1. The van der Waals surface area contributed by atoms with E-state index in [1.165, 1.54) is 17.4 Å². The van der Waals surface area contributed by atoms with E-state index in [4.69, 9.17) is 23.1 Å². The van der Waals surface area contributed by atoms with Crippen molar-refractivity contribution in [3.63, 3.8) is 0 Å². The zero-order valence-electron chi connectivity index (χ0n) is 13.5. The van der Waals surface area contributed by atoms with Crippen LogP contribution in [0.15, 0.2) is 18.2 Å². The van der Waals surface area contributed by atoms with Crippen molar-refractivity contribution in [3.05, 3.63) is 33.7 Å². The summed E-state index contributed by atoms with van der Waals surface area (Å²) in [7, 11) is 0. The van der Waals surface area contributed by atoms with Crippen LogP contribution < -0.4 is 11.5 Å². The molecule has 1 aliphatic heterocycles. The normalized spacial score (nSPS) is 21.8. The SMILES string of the molecule is C[C@@H]1CC[C@@H](N)N1Cc1sc(N)nc1-c1cc(Cl)cc(C(F)(F)F)c1. The number of halogens is 4. The monoisotopic (exact) mass is 390 g/mol. The number of nitrogen functional groups attached to an aromatic ring is 1. The number of alkyl halides is 3.